The molecule has 0 aliphatic carbocycles. The first-order chi connectivity index (χ1) is 9.66. The molecule has 1 aromatic heterocycles. The van der Waals surface area contributed by atoms with Gasteiger partial charge in [-0.1, -0.05) is 31.2 Å². The molecule has 3 heteroatoms. The van der Waals surface area contributed by atoms with Gasteiger partial charge in [0, 0.05) is 30.7 Å². The van der Waals surface area contributed by atoms with E-state index in [9.17, 15) is 0 Å². The van der Waals surface area contributed by atoms with Gasteiger partial charge in [-0.05, 0) is 37.7 Å². The Kier molecular flexibility index (Phi) is 5.02. The Balaban J connectivity index is 2.22. The van der Waals surface area contributed by atoms with E-state index < -0.39 is 0 Å². The van der Waals surface area contributed by atoms with Gasteiger partial charge in [0.25, 0.3) is 0 Å². The van der Waals surface area contributed by atoms with Gasteiger partial charge in [0.15, 0.2) is 0 Å². The molecular weight excluding hydrogens is 246 g/mol. The summed E-state index contributed by atoms with van der Waals surface area (Å²) < 4.78 is 0. The molecule has 0 spiro atoms. The summed E-state index contributed by atoms with van der Waals surface area (Å²) in [7, 11) is 4.19. The van der Waals surface area contributed by atoms with Gasteiger partial charge in [-0.3, -0.25) is 9.98 Å². The Morgan fingerprint density at radius 3 is 2.70 bits per heavy atom. The summed E-state index contributed by atoms with van der Waals surface area (Å²) in [6.45, 7) is 3.25. The molecular formula is C17H21N3. The predicted molar refractivity (Wildman–Crippen MR) is 84.9 cm³/mol. The number of para-hydroxylation sites is 1. The van der Waals surface area contributed by atoms with Crippen molar-refractivity contribution >= 4 is 11.9 Å². The number of hydrogen-bond acceptors (Lipinski definition) is 3. The fraction of sp³-hybridized carbons (Fsp3) is 0.294. The highest BCUT2D eigenvalue weighted by Gasteiger charge is 2.10. The molecule has 1 heterocycles. The van der Waals surface area contributed by atoms with Crippen LogP contribution in [0.2, 0.25) is 0 Å². The maximum Gasteiger partial charge on any atom is 0.0665 e. The molecule has 0 fully saturated rings. The van der Waals surface area contributed by atoms with Crippen molar-refractivity contribution in [2.75, 3.05) is 20.6 Å². The van der Waals surface area contributed by atoms with Crippen LogP contribution in [0.3, 0.4) is 0 Å². The highest BCUT2D eigenvalue weighted by Crippen LogP contribution is 2.27. The number of aromatic nitrogens is 1. The van der Waals surface area contributed by atoms with Gasteiger partial charge in [0.1, 0.15) is 0 Å². The maximum absolute atomic E-state index is 4.62. The second-order valence-electron chi connectivity index (χ2n) is 5.27. The molecule has 3 nitrogen and oxygen atoms in total. The van der Waals surface area contributed by atoms with E-state index >= 15 is 0 Å². The summed E-state index contributed by atoms with van der Waals surface area (Å²) in [6, 6.07) is 12.2. The lowest BCUT2D eigenvalue weighted by Crippen LogP contribution is -2.18. The zero-order chi connectivity index (χ0) is 14.4. The van der Waals surface area contributed by atoms with Crippen LogP contribution in [0.25, 0.3) is 0 Å². The molecule has 0 bridgehead atoms. The molecule has 1 atom stereocenters. The highest BCUT2D eigenvalue weighted by molar-refractivity contribution is 5.81. The Hall–Kier alpha value is -2.00. The molecule has 1 aromatic carbocycles. The summed E-state index contributed by atoms with van der Waals surface area (Å²) in [5.74, 6) is 0.451. The van der Waals surface area contributed by atoms with E-state index in [1.807, 2.05) is 30.6 Å². The minimum atomic E-state index is 0.451. The highest BCUT2D eigenvalue weighted by atomic mass is 15.1. The Morgan fingerprint density at radius 2 is 2.00 bits per heavy atom. The Bertz CT molecular complexity index is 561. The van der Waals surface area contributed by atoms with Crippen molar-refractivity contribution in [1.82, 2.24) is 9.88 Å². The fourth-order valence-electron chi connectivity index (χ4n) is 2.26. The SMILES string of the molecule is CC(CN(C)C)c1ccccc1N=Cc1cccnc1. The third-order valence-electron chi connectivity index (χ3n) is 3.14. The van der Waals surface area contributed by atoms with Crippen molar-refractivity contribution in [1.29, 1.82) is 0 Å². The summed E-state index contributed by atoms with van der Waals surface area (Å²) >= 11 is 0. The quantitative estimate of drug-likeness (QED) is 0.776. The van der Waals surface area contributed by atoms with Crippen LogP contribution in [0.1, 0.15) is 24.0 Å². The number of pyridine rings is 1. The minimum absolute atomic E-state index is 0.451. The molecule has 2 aromatic rings. The molecule has 0 amide bonds. The van der Waals surface area contributed by atoms with E-state index in [1.165, 1.54) is 5.56 Å². The van der Waals surface area contributed by atoms with E-state index in [-0.39, 0.29) is 0 Å². The van der Waals surface area contributed by atoms with Crippen molar-refractivity contribution in [3.8, 4) is 0 Å². The summed E-state index contributed by atoms with van der Waals surface area (Å²) in [6.07, 6.45) is 5.45. The van der Waals surface area contributed by atoms with E-state index in [4.69, 9.17) is 0 Å². The molecule has 2 rings (SSSR count). The number of rotatable bonds is 5. The molecule has 0 aliphatic rings. The average Bonchev–Trinajstić information content (AvgIpc) is 2.46. The first-order valence-corrected chi connectivity index (χ1v) is 6.84. The van der Waals surface area contributed by atoms with E-state index in [0.29, 0.717) is 5.92 Å². The van der Waals surface area contributed by atoms with E-state index in [1.54, 1.807) is 6.20 Å². The van der Waals surface area contributed by atoms with Crippen molar-refractivity contribution in [2.45, 2.75) is 12.8 Å². The standard InChI is InChI=1S/C17H21N3/c1-14(13-20(2)3)16-8-4-5-9-17(16)19-12-15-7-6-10-18-11-15/h4-12,14H,13H2,1-3H3. The minimum Gasteiger partial charge on any atom is -0.309 e. The van der Waals surface area contributed by atoms with Crippen molar-refractivity contribution in [2.24, 2.45) is 4.99 Å². The number of benzene rings is 1. The molecule has 0 saturated carbocycles. The first-order valence-electron chi connectivity index (χ1n) is 6.84. The number of aliphatic imine (C=N–C) groups is 1. The molecule has 0 saturated heterocycles. The van der Waals surface area contributed by atoms with E-state index in [2.05, 4.69) is 54.1 Å². The number of nitrogens with zero attached hydrogens (tertiary/aromatic N) is 3. The lowest BCUT2D eigenvalue weighted by atomic mass is 9.99. The number of likely N-dealkylation sites (N-methyl/N-ethyl adjacent to an activating group) is 1. The van der Waals surface area contributed by atoms with Crippen LogP contribution >= 0.6 is 0 Å². The van der Waals surface area contributed by atoms with E-state index in [0.717, 1.165) is 17.8 Å². The third-order valence-corrected chi connectivity index (χ3v) is 3.14. The monoisotopic (exact) mass is 267 g/mol. The third kappa shape index (κ3) is 4.00. The van der Waals surface area contributed by atoms with Crippen molar-refractivity contribution in [3.63, 3.8) is 0 Å². The van der Waals surface area contributed by atoms with Gasteiger partial charge >= 0.3 is 0 Å². The zero-order valence-electron chi connectivity index (χ0n) is 12.3. The largest absolute Gasteiger partial charge is 0.309 e. The van der Waals surface area contributed by atoms with Crippen LogP contribution in [0, 0.1) is 0 Å². The number of hydrogen-bond donors (Lipinski definition) is 0. The second-order valence-corrected chi connectivity index (χ2v) is 5.27. The predicted octanol–water partition coefficient (Wildman–Crippen LogP) is 3.50. The molecule has 0 radical (unpaired) electrons. The summed E-state index contributed by atoms with van der Waals surface area (Å²) in [5, 5.41) is 0. The van der Waals surface area contributed by atoms with Crippen LogP contribution in [-0.4, -0.2) is 36.7 Å². The lowest BCUT2D eigenvalue weighted by molar-refractivity contribution is 0.383. The Labute approximate surface area is 121 Å². The molecule has 0 aliphatic heterocycles. The van der Waals surface area contributed by atoms with Crippen LogP contribution in [0.5, 0.6) is 0 Å². The normalized spacial score (nSPS) is 13.0. The van der Waals surface area contributed by atoms with Crippen LogP contribution < -0.4 is 0 Å². The van der Waals surface area contributed by atoms with Crippen molar-refractivity contribution in [3.05, 3.63) is 59.9 Å². The first kappa shape index (κ1) is 14.4. The van der Waals surface area contributed by atoms with Crippen LogP contribution in [0.15, 0.2) is 53.8 Å². The summed E-state index contributed by atoms with van der Waals surface area (Å²) in [5.41, 5.74) is 3.33. The fourth-order valence-corrected chi connectivity index (χ4v) is 2.26. The van der Waals surface area contributed by atoms with Gasteiger partial charge in [-0.2, -0.15) is 0 Å². The average molecular weight is 267 g/mol. The van der Waals surface area contributed by atoms with Gasteiger partial charge in [-0.25, -0.2) is 0 Å². The molecule has 104 valence electrons. The zero-order valence-corrected chi connectivity index (χ0v) is 12.3. The van der Waals surface area contributed by atoms with Gasteiger partial charge < -0.3 is 4.90 Å². The molecule has 1 unspecified atom stereocenters. The molecule has 0 N–H and O–H groups in total. The van der Waals surface area contributed by atoms with Crippen LogP contribution in [0.4, 0.5) is 5.69 Å². The topological polar surface area (TPSA) is 28.5 Å². The van der Waals surface area contributed by atoms with Crippen LogP contribution in [-0.2, 0) is 0 Å². The lowest BCUT2D eigenvalue weighted by Gasteiger charge is -2.18. The van der Waals surface area contributed by atoms with Gasteiger partial charge in [0.2, 0.25) is 0 Å². The van der Waals surface area contributed by atoms with Crippen molar-refractivity contribution < 1.29 is 0 Å². The Morgan fingerprint density at radius 1 is 1.20 bits per heavy atom. The smallest absolute Gasteiger partial charge is 0.0665 e. The second kappa shape index (κ2) is 6.96. The summed E-state index contributed by atoms with van der Waals surface area (Å²) in [4.78, 5) is 10.9. The van der Waals surface area contributed by atoms with Gasteiger partial charge in [-0.15, -0.1) is 0 Å². The maximum atomic E-state index is 4.62. The molecule has 20 heavy (non-hydrogen) atoms. The van der Waals surface area contributed by atoms with Gasteiger partial charge in [0.05, 0.1) is 5.69 Å².